The number of carbonyl (C=O) groups is 2. The minimum Gasteiger partial charge on any atom is -0.454 e. The Bertz CT molecular complexity index is 1230. The van der Waals surface area contributed by atoms with Crippen molar-refractivity contribution in [2.75, 3.05) is 6.79 Å². The molecule has 1 saturated carbocycles. The smallest absolute Gasteiger partial charge is 0.250 e. The van der Waals surface area contributed by atoms with E-state index in [0.717, 1.165) is 40.6 Å². The molecule has 0 unspecified atom stereocenters. The number of aromatic nitrogens is 1. The van der Waals surface area contributed by atoms with Gasteiger partial charge < -0.3 is 20.2 Å². The van der Waals surface area contributed by atoms with Crippen LogP contribution in [0.3, 0.4) is 0 Å². The van der Waals surface area contributed by atoms with E-state index in [1.807, 2.05) is 30.3 Å². The quantitative estimate of drug-likeness (QED) is 0.651. The summed E-state index contributed by atoms with van der Waals surface area (Å²) in [5.41, 5.74) is 9.02. The summed E-state index contributed by atoms with van der Waals surface area (Å²) in [6.07, 6.45) is 1.88. The molecule has 0 atom stereocenters. The average molecular weight is 418 g/mol. The summed E-state index contributed by atoms with van der Waals surface area (Å²) in [6.45, 7) is 6.53. The van der Waals surface area contributed by atoms with Crippen molar-refractivity contribution in [1.82, 2.24) is 4.98 Å². The van der Waals surface area contributed by atoms with Gasteiger partial charge in [0.05, 0.1) is 16.5 Å². The summed E-state index contributed by atoms with van der Waals surface area (Å²) >= 11 is 0. The van der Waals surface area contributed by atoms with Gasteiger partial charge in [-0.15, -0.1) is 0 Å². The van der Waals surface area contributed by atoms with Gasteiger partial charge in [0.1, 0.15) is 5.78 Å². The first-order valence-corrected chi connectivity index (χ1v) is 10.6. The fraction of sp³-hybridized carbons (Fsp3) is 0.360. The number of benzene rings is 2. The van der Waals surface area contributed by atoms with Gasteiger partial charge in [0, 0.05) is 22.9 Å². The largest absolute Gasteiger partial charge is 0.454 e. The fourth-order valence-corrected chi connectivity index (χ4v) is 4.41. The van der Waals surface area contributed by atoms with Crippen LogP contribution in [0.1, 0.15) is 60.8 Å². The summed E-state index contributed by atoms with van der Waals surface area (Å²) in [6, 6.07) is 11.5. The van der Waals surface area contributed by atoms with E-state index in [9.17, 15) is 9.59 Å². The summed E-state index contributed by atoms with van der Waals surface area (Å²) in [4.78, 5) is 28.9. The topological polar surface area (TPSA) is 94.4 Å². The molecule has 1 fully saturated rings. The normalized spacial score (nSPS) is 16.5. The van der Waals surface area contributed by atoms with Gasteiger partial charge >= 0.3 is 0 Å². The highest BCUT2D eigenvalue weighted by atomic mass is 16.7. The third-order valence-electron chi connectivity index (χ3n) is 6.44. The monoisotopic (exact) mass is 418 g/mol. The molecule has 1 aromatic heterocycles. The van der Waals surface area contributed by atoms with Crippen LogP contribution in [0.15, 0.2) is 36.4 Å². The second kappa shape index (κ2) is 6.61. The minimum absolute atomic E-state index is 0.0959. The van der Waals surface area contributed by atoms with Crippen LogP contribution in [0.2, 0.25) is 0 Å². The van der Waals surface area contributed by atoms with Gasteiger partial charge in [-0.25, -0.2) is 0 Å². The molecule has 0 spiro atoms. The molecule has 1 amide bonds. The predicted octanol–water partition coefficient (Wildman–Crippen LogP) is 4.14. The molecule has 0 radical (unpaired) electrons. The van der Waals surface area contributed by atoms with E-state index in [1.54, 1.807) is 6.07 Å². The van der Waals surface area contributed by atoms with E-state index in [-0.39, 0.29) is 24.4 Å². The lowest BCUT2D eigenvalue weighted by Crippen LogP contribution is -2.23. The Balaban J connectivity index is 1.48. The number of aromatic amines is 1. The first kappa shape index (κ1) is 19.7. The van der Waals surface area contributed by atoms with Crippen LogP contribution < -0.4 is 15.2 Å². The zero-order valence-corrected chi connectivity index (χ0v) is 18.0. The number of hydrogen-bond donors (Lipinski definition) is 2. The number of ketones is 1. The van der Waals surface area contributed by atoms with Crippen molar-refractivity contribution in [3.8, 4) is 11.5 Å². The van der Waals surface area contributed by atoms with E-state index in [0.29, 0.717) is 17.1 Å². The maximum atomic E-state index is 13.4. The molecule has 2 aliphatic rings. The third-order valence-corrected chi connectivity index (χ3v) is 6.44. The van der Waals surface area contributed by atoms with Crippen molar-refractivity contribution in [2.45, 2.75) is 50.9 Å². The van der Waals surface area contributed by atoms with Crippen molar-refractivity contribution >= 4 is 22.6 Å². The lowest BCUT2D eigenvalue weighted by Gasteiger charge is -2.16. The van der Waals surface area contributed by atoms with Crippen LogP contribution in [0.5, 0.6) is 11.5 Å². The Morgan fingerprint density at radius 2 is 1.81 bits per heavy atom. The van der Waals surface area contributed by atoms with Crippen LogP contribution in [0, 0.1) is 0 Å². The predicted molar refractivity (Wildman–Crippen MR) is 118 cm³/mol. The number of primary amides is 1. The molecule has 1 aliphatic heterocycles. The molecule has 1 aliphatic carbocycles. The third kappa shape index (κ3) is 3.26. The van der Waals surface area contributed by atoms with E-state index < -0.39 is 11.3 Å². The lowest BCUT2D eigenvalue weighted by molar-refractivity contribution is -0.120. The summed E-state index contributed by atoms with van der Waals surface area (Å²) in [7, 11) is 0. The maximum absolute atomic E-state index is 13.4. The van der Waals surface area contributed by atoms with Crippen molar-refractivity contribution in [2.24, 2.45) is 5.73 Å². The molecule has 3 N–H and O–H groups in total. The van der Waals surface area contributed by atoms with E-state index in [1.165, 1.54) is 0 Å². The number of Topliss-reactive ketones (excluding diaryl/α,β-unsaturated/α-hetero) is 1. The van der Waals surface area contributed by atoms with E-state index >= 15 is 0 Å². The fourth-order valence-electron chi connectivity index (χ4n) is 4.41. The minimum atomic E-state index is -0.501. The van der Waals surface area contributed by atoms with Gasteiger partial charge in [-0.05, 0) is 54.3 Å². The second-order valence-electron chi connectivity index (χ2n) is 9.65. The van der Waals surface area contributed by atoms with Crippen molar-refractivity contribution < 1.29 is 19.1 Å². The number of fused-ring (bicyclic) bond motifs is 2. The lowest BCUT2D eigenvalue weighted by atomic mass is 9.87. The Kier molecular flexibility index (Phi) is 4.19. The Morgan fingerprint density at radius 1 is 1.06 bits per heavy atom. The van der Waals surface area contributed by atoms with Crippen LogP contribution in [-0.4, -0.2) is 23.5 Å². The molecule has 2 heterocycles. The Morgan fingerprint density at radius 3 is 2.48 bits per heavy atom. The van der Waals surface area contributed by atoms with Crippen molar-refractivity contribution in [3.05, 3.63) is 58.8 Å². The zero-order chi connectivity index (χ0) is 22.0. The SMILES string of the molecule is CC(C)(C)c1cc2cc(CC(=O)C3(c4ccc5c(c4)OCO5)CC3)cc(C(N)=O)c2[nH]1. The highest BCUT2D eigenvalue weighted by molar-refractivity contribution is 6.06. The zero-order valence-electron chi connectivity index (χ0n) is 18.0. The molecule has 5 rings (SSSR count). The number of hydrogen-bond acceptors (Lipinski definition) is 4. The Labute approximate surface area is 180 Å². The van der Waals surface area contributed by atoms with Crippen molar-refractivity contribution in [3.63, 3.8) is 0 Å². The molecule has 2 aromatic carbocycles. The molecule has 6 nitrogen and oxygen atoms in total. The molecule has 0 saturated heterocycles. The molecular weight excluding hydrogens is 392 g/mol. The van der Waals surface area contributed by atoms with Crippen LogP contribution in [0.4, 0.5) is 0 Å². The summed E-state index contributed by atoms with van der Waals surface area (Å²) in [5.74, 6) is 1.05. The van der Waals surface area contributed by atoms with Gasteiger partial charge in [0.15, 0.2) is 11.5 Å². The number of amides is 1. The van der Waals surface area contributed by atoms with Gasteiger partial charge in [-0.3, -0.25) is 9.59 Å². The first-order chi connectivity index (χ1) is 14.7. The van der Waals surface area contributed by atoms with Crippen LogP contribution >= 0.6 is 0 Å². The molecule has 6 heteroatoms. The standard InChI is InChI=1S/C25H26N2O4/c1-24(2,3)20-11-15-8-14(9-17(23(26)29)22(15)27-20)10-21(28)25(6-7-25)16-4-5-18-19(12-16)31-13-30-18/h4-5,8-9,11-12,27H,6-7,10,13H2,1-3H3,(H2,26,29). The number of H-pyrrole nitrogens is 1. The maximum Gasteiger partial charge on any atom is 0.250 e. The van der Waals surface area contributed by atoms with Crippen LogP contribution in [0.25, 0.3) is 10.9 Å². The van der Waals surface area contributed by atoms with Crippen molar-refractivity contribution in [1.29, 1.82) is 0 Å². The van der Waals surface area contributed by atoms with Gasteiger partial charge in [0.2, 0.25) is 6.79 Å². The molecule has 3 aromatic rings. The van der Waals surface area contributed by atoms with E-state index in [4.69, 9.17) is 15.2 Å². The van der Waals surface area contributed by atoms with Gasteiger partial charge in [-0.1, -0.05) is 26.8 Å². The number of carbonyl (C=O) groups excluding carboxylic acids is 2. The van der Waals surface area contributed by atoms with Gasteiger partial charge in [0.25, 0.3) is 5.91 Å². The van der Waals surface area contributed by atoms with Crippen LogP contribution in [-0.2, 0) is 22.0 Å². The molecule has 31 heavy (non-hydrogen) atoms. The number of nitrogens with two attached hydrogens (primary N) is 1. The van der Waals surface area contributed by atoms with Gasteiger partial charge in [-0.2, -0.15) is 0 Å². The molecule has 160 valence electrons. The summed E-state index contributed by atoms with van der Waals surface area (Å²) < 4.78 is 10.9. The number of ether oxygens (including phenoxy) is 2. The molecule has 0 bridgehead atoms. The number of rotatable bonds is 5. The highest BCUT2D eigenvalue weighted by Gasteiger charge is 2.50. The summed E-state index contributed by atoms with van der Waals surface area (Å²) in [5, 5.41) is 0.900. The number of nitrogens with one attached hydrogen (secondary N) is 1. The Hall–Kier alpha value is -3.28. The average Bonchev–Trinajstić information content (AvgIpc) is 3.17. The molecular formula is C25H26N2O4. The first-order valence-electron chi connectivity index (χ1n) is 10.6. The second-order valence-corrected chi connectivity index (χ2v) is 9.65. The van der Waals surface area contributed by atoms with E-state index in [2.05, 4.69) is 25.8 Å². The highest BCUT2D eigenvalue weighted by Crippen LogP contribution is 2.51.